The summed E-state index contributed by atoms with van der Waals surface area (Å²) in [4.78, 5) is 30.8. The summed E-state index contributed by atoms with van der Waals surface area (Å²) in [7, 11) is 0. The zero-order valence-corrected chi connectivity index (χ0v) is 18.4. The predicted octanol–water partition coefficient (Wildman–Crippen LogP) is 4.69. The highest BCUT2D eigenvalue weighted by Gasteiger charge is 2.20. The summed E-state index contributed by atoms with van der Waals surface area (Å²) < 4.78 is 1.55. The molecule has 32 heavy (non-hydrogen) atoms. The Labute approximate surface area is 189 Å². The monoisotopic (exact) mass is 440 g/mol. The number of benzene rings is 3. The maximum Gasteiger partial charge on any atom is 0.266 e. The minimum atomic E-state index is -0.518. The molecule has 0 radical (unpaired) electrons. The first-order chi connectivity index (χ1) is 15.5. The lowest BCUT2D eigenvalue weighted by atomic mass is 10.2. The number of hydrogen-bond acceptors (Lipinski definition) is 5. The fraction of sp³-hybridized carbons (Fsp3) is 0.120. The molecule has 1 N–H and O–H groups in total. The average Bonchev–Trinajstić information content (AvgIpc) is 2.80. The Bertz CT molecular complexity index is 1390. The molecule has 0 bridgehead atoms. The number of aromatic nitrogens is 2. The normalized spacial score (nSPS) is 11.7. The molecule has 1 aromatic heterocycles. The molecule has 0 unspecified atom stereocenters. The Morgan fingerprint density at radius 1 is 1.06 bits per heavy atom. The van der Waals surface area contributed by atoms with Crippen molar-refractivity contribution in [2.24, 2.45) is 0 Å². The van der Waals surface area contributed by atoms with Gasteiger partial charge in [0, 0.05) is 5.69 Å². The van der Waals surface area contributed by atoms with Gasteiger partial charge in [0.2, 0.25) is 5.91 Å². The van der Waals surface area contributed by atoms with Crippen LogP contribution in [0.2, 0.25) is 0 Å². The van der Waals surface area contributed by atoms with Crippen molar-refractivity contribution in [1.29, 1.82) is 5.26 Å². The van der Waals surface area contributed by atoms with Crippen molar-refractivity contribution < 1.29 is 4.79 Å². The lowest BCUT2D eigenvalue weighted by molar-refractivity contribution is -0.115. The number of rotatable bonds is 5. The highest BCUT2D eigenvalue weighted by atomic mass is 32.2. The second kappa shape index (κ2) is 9.08. The van der Waals surface area contributed by atoms with Gasteiger partial charge in [-0.15, -0.1) is 0 Å². The number of thioether (sulfide) groups is 1. The molecule has 0 aliphatic carbocycles. The fourth-order valence-corrected chi connectivity index (χ4v) is 4.12. The Morgan fingerprint density at radius 3 is 2.44 bits per heavy atom. The van der Waals surface area contributed by atoms with Gasteiger partial charge in [0.25, 0.3) is 5.56 Å². The number of aryl methyl sites for hydroxylation is 1. The summed E-state index contributed by atoms with van der Waals surface area (Å²) in [5.41, 5.74) is 3.31. The molecule has 7 heteroatoms. The van der Waals surface area contributed by atoms with E-state index in [1.54, 1.807) is 47.9 Å². The van der Waals surface area contributed by atoms with E-state index >= 15 is 0 Å². The lowest BCUT2D eigenvalue weighted by Gasteiger charge is -2.16. The molecular weight excluding hydrogens is 420 g/mol. The standard InChI is InChI=1S/C25H20N4O2S/c1-16-7-13-20(14-8-16)29-24(31)21-5-3-4-6-22(21)28-25(29)32-17(2)23(30)27-19-11-9-18(15-26)10-12-19/h3-14,17H,1-2H3,(H,27,30)/t17-/m0/s1. The van der Waals surface area contributed by atoms with Crippen LogP contribution in [0.3, 0.4) is 0 Å². The van der Waals surface area contributed by atoms with E-state index in [1.807, 2.05) is 43.3 Å². The number of nitrogens with zero attached hydrogens (tertiary/aromatic N) is 3. The van der Waals surface area contributed by atoms with Gasteiger partial charge in [-0.2, -0.15) is 5.26 Å². The maximum atomic E-state index is 13.3. The summed E-state index contributed by atoms with van der Waals surface area (Å²) in [6.45, 7) is 3.75. The first kappa shape index (κ1) is 21.3. The molecule has 1 atom stereocenters. The molecule has 4 rings (SSSR count). The number of anilines is 1. The van der Waals surface area contributed by atoms with Crippen LogP contribution in [0.5, 0.6) is 0 Å². The quantitative estimate of drug-likeness (QED) is 0.359. The molecule has 4 aromatic rings. The van der Waals surface area contributed by atoms with Crippen LogP contribution in [0.1, 0.15) is 18.1 Å². The van der Waals surface area contributed by atoms with Crippen molar-refractivity contribution in [3.8, 4) is 11.8 Å². The van der Waals surface area contributed by atoms with Gasteiger partial charge >= 0.3 is 0 Å². The summed E-state index contributed by atoms with van der Waals surface area (Å²) in [6.07, 6.45) is 0. The molecule has 1 amide bonds. The molecule has 0 spiro atoms. The number of para-hydroxylation sites is 1. The number of amides is 1. The van der Waals surface area contributed by atoms with Crippen LogP contribution in [0, 0.1) is 18.3 Å². The van der Waals surface area contributed by atoms with Crippen LogP contribution in [0.15, 0.2) is 82.7 Å². The van der Waals surface area contributed by atoms with Gasteiger partial charge < -0.3 is 5.32 Å². The first-order valence-electron chi connectivity index (χ1n) is 10.0. The van der Waals surface area contributed by atoms with E-state index in [0.717, 1.165) is 5.56 Å². The summed E-state index contributed by atoms with van der Waals surface area (Å²) in [6, 6.07) is 23.5. The van der Waals surface area contributed by atoms with Gasteiger partial charge in [-0.25, -0.2) is 4.98 Å². The fourth-order valence-electron chi connectivity index (χ4n) is 3.20. The second-order valence-electron chi connectivity index (χ2n) is 7.33. The largest absolute Gasteiger partial charge is 0.325 e. The van der Waals surface area contributed by atoms with E-state index in [2.05, 4.69) is 11.4 Å². The lowest BCUT2D eigenvalue weighted by Crippen LogP contribution is -2.26. The number of carbonyl (C=O) groups excluding carboxylic acids is 1. The van der Waals surface area contributed by atoms with Crippen LogP contribution in [0.4, 0.5) is 5.69 Å². The third-order valence-corrected chi connectivity index (χ3v) is 6.02. The van der Waals surface area contributed by atoms with Gasteiger partial charge in [-0.05, 0) is 62.4 Å². The Balaban J connectivity index is 1.68. The molecule has 0 saturated heterocycles. The number of nitriles is 1. The van der Waals surface area contributed by atoms with Gasteiger partial charge in [0.05, 0.1) is 33.5 Å². The van der Waals surface area contributed by atoms with Crippen LogP contribution in [-0.4, -0.2) is 20.7 Å². The highest BCUT2D eigenvalue weighted by Crippen LogP contribution is 2.26. The van der Waals surface area contributed by atoms with E-state index in [0.29, 0.717) is 33.0 Å². The van der Waals surface area contributed by atoms with Crippen molar-refractivity contribution in [3.05, 3.63) is 94.3 Å². The third kappa shape index (κ3) is 4.41. The predicted molar refractivity (Wildman–Crippen MR) is 127 cm³/mol. The smallest absolute Gasteiger partial charge is 0.266 e. The summed E-state index contributed by atoms with van der Waals surface area (Å²) in [5.74, 6) is -0.224. The minimum absolute atomic E-state index is 0.179. The van der Waals surface area contributed by atoms with E-state index in [4.69, 9.17) is 10.2 Å². The molecule has 0 aliphatic heterocycles. The summed E-state index contributed by atoms with van der Waals surface area (Å²) in [5, 5.41) is 12.2. The van der Waals surface area contributed by atoms with Crippen molar-refractivity contribution in [1.82, 2.24) is 9.55 Å². The molecule has 0 aliphatic rings. The second-order valence-corrected chi connectivity index (χ2v) is 8.63. The summed E-state index contributed by atoms with van der Waals surface area (Å²) >= 11 is 1.22. The molecule has 6 nitrogen and oxygen atoms in total. The van der Waals surface area contributed by atoms with Gasteiger partial charge in [-0.1, -0.05) is 41.6 Å². The zero-order chi connectivity index (χ0) is 22.7. The van der Waals surface area contributed by atoms with Crippen LogP contribution < -0.4 is 10.9 Å². The Morgan fingerprint density at radius 2 is 1.75 bits per heavy atom. The van der Waals surface area contributed by atoms with Crippen molar-refractivity contribution in [2.45, 2.75) is 24.3 Å². The number of carbonyl (C=O) groups is 1. The molecule has 158 valence electrons. The Kier molecular flexibility index (Phi) is 6.06. The van der Waals surface area contributed by atoms with Crippen molar-refractivity contribution >= 4 is 34.3 Å². The average molecular weight is 441 g/mol. The zero-order valence-electron chi connectivity index (χ0n) is 17.6. The van der Waals surface area contributed by atoms with Crippen LogP contribution in [-0.2, 0) is 4.79 Å². The van der Waals surface area contributed by atoms with Crippen molar-refractivity contribution in [3.63, 3.8) is 0 Å². The van der Waals surface area contributed by atoms with Crippen LogP contribution in [0.25, 0.3) is 16.6 Å². The SMILES string of the molecule is Cc1ccc(-n2c(S[C@@H](C)C(=O)Nc3ccc(C#N)cc3)nc3ccccc3c2=O)cc1. The highest BCUT2D eigenvalue weighted by molar-refractivity contribution is 8.00. The van der Waals surface area contributed by atoms with Crippen LogP contribution >= 0.6 is 11.8 Å². The molecule has 0 saturated carbocycles. The van der Waals surface area contributed by atoms with Gasteiger partial charge in [0.15, 0.2) is 5.16 Å². The van der Waals surface area contributed by atoms with Gasteiger partial charge in [-0.3, -0.25) is 14.2 Å². The number of nitrogens with one attached hydrogen (secondary N) is 1. The van der Waals surface area contributed by atoms with Gasteiger partial charge in [0.1, 0.15) is 0 Å². The third-order valence-electron chi connectivity index (χ3n) is 4.97. The number of fused-ring (bicyclic) bond motifs is 1. The Hall–Kier alpha value is -3.89. The number of hydrogen-bond donors (Lipinski definition) is 1. The minimum Gasteiger partial charge on any atom is -0.325 e. The first-order valence-corrected chi connectivity index (χ1v) is 10.9. The van der Waals surface area contributed by atoms with E-state index in [9.17, 15) is 9.59 Å². The molecular formula is C25H20N4O2S. The van der Waals surface area contributed by atoms with Crippen molar-refractivity contribution in [2.75, 3.05) is 5.32 Å². The van der Waals surface area contributed by atoms with E-state index in [1.165, 1.54) is 11.8 Å². The molecule has 1 heterocycles. The maximum absolute atomic E-state index is 13.3. The van der Waals surface area contributed by atoms with E-state index < -0.39 is 5.25 Å². The molecule has 0 fully saturated rings. The van der Waals surface area contributed by atoms with E-state index in [-0.39, 0.29) is 11.5 Å². The topological polar surface area (TPSA) is 87.8 Å². The molecule has 3 aromatic carbocycles.